The van der Waals surface area contributed by atoms with Crippen molar-refractivity contribution in [1.29, 1.82) is 0 Å². The third kappa shape index (κ3) is 12.0. The van der Waals surface area contributed by atoms with Crippen LogP contribution in [0.25, 0.3) is 0 Å². The van der Waals surface area contributed by atoms with E-state index in [0.717, 1.165) is 11.1 Å². The molecule has 0 saturated carbocycles. The van der Waals surface area contributed by atoms with Crippen molar-refractivity contribution in [2.75, 3.05) is 0 Å². The molecule has 0 fully saturated rings. The zero-order chi connectivity index (χ0) is 24.7. The summed E-state index contributed by atoms with van der Waals surface area (Å²) in [5.74, 6) is 0.793. The van der Waals surface area contributed by atoms with Gasteiger partial charge in [-0.25, -0.2) is 0 Å². The van der Waals surface area contributed by atoms with Crippen molar-refractivity contribution >= 4 is 15.7 Å². The van der Waals surface area contributed by atoms with E-state index < -0.39 is 0 Å². The van der Waals surface area contributed by atoms with Crippen LogP contribution in [-0.2, 0) is 30.8 Å². The molecule has 2 N–H and O–H groups in total. The van der Waals surface area contributed by atoms with Gasteiger partial charge >= 0.3 is 64.4 Å². The Labute approximate surface area is 234 Å². The van der Waals surface area contributed by atoms with Gasteiger partial charge in [-0.1, -0.05) is 76.9 Å². The molecule has 3 rings (SSSR count). The Bertz CT molecular complexity index is 970. The number of hydrogen-bond donors (Lipinski definition) is 2. The summed E-state index contributed by atoms with van der Waals surface area (Å²) in [6.45, 7) is 18.8. The van der Waals surface area contributed by atoms with Gasteiger partial charge in [0.2, 0.25) is 0 Å². The molecule has 0 spiro atoms. The van der Waals surface area contributed by atoms with Gasteiger partial charge in [-0.3, -0.25) is 0 Å². The van der Waals surface area contributed by atoms with E-state index in [2.05, 4.69) is 84.9 Å². The van der Waals surface area contributed by atoms with Crippen LogP contribution >= 0.6 is 11.3 Å². The van der Waals surface area contributed by atoms with Gasteiger partial charge < -0.3 is 35.0 Å². The van der Waals surface area contributed by atoms with Crippen LogP contribution in [0.5, 0.6) is 11.5 Å². The first kappa shape index (κ1) is 35.1. The molecule has 0 aliphatic rings. The first-order valence-corrected chi connectivity index (χ1v) is 12.5. The second-order valence-electron chi connectivity index (χ2n) is 10.1. The molecule has 2 nitrogen and oxygen atoms in total. The quantitative estimate of drug-likeness (QED) is 0.448. The Morgan fingerprint density at radius 1 is 0.676 bits per heavy atom. The summed E-state index contributed by atoms with van der Waals surface area (Å²) < 4.78 is 2.12. The van der Waals surface area contributed by atoms with E-state index in [1.54, 1.807) is 12.1 Å². The maximum absolute atomic E-state index is 9.57. The normalized spacial score (nSPS) is 10.4. The summed E-state index contributed by atoms with van der Waals surface area (Å²) >= 11 is 3.89. The molecule has 0 saturated heterocycles. The summed E-state index contributed by atoms with van der Waals surface area (Å²) in [4.78, 5) is 2.75. The van der Waals surface area contributed by atoms with Crippen molar-refractivity contribution in [2.45, 2.75) is 73.1 Å². The minimum Gasteiger partial charge on any atom is -1.00 e. The second kappa shape index (κ2) is 15.1. The fourth-order valence-corrected chi connectivity index (χ4v) is 4.16. The minimum absolute atomic E-state index is 0. The van der Waals surface area contributed by atoms with Gasteiger partial charge in [0, 0.05) is 0 Å². The largest absolute Gasteiger partial charge is 1.00 e. The number of hydrogen-bond acceptors (Lipinski definition) is 3. The number of phenolic OH excluding ortho intramolecular Hbond substituents is 2. The van der Waals surface area contributed by atoms with Crippen LogP contribution in [-0.4, -0.2) is 14.5 Å². The van der Waals surface area contributed by atoms with Crippen LogP contribution in [0.2, 0.25) is 0 Å². The molecular weight excluding hydrogens is 519 g/mol. The van der Waals surface area contributed by atoms with Crippen LogP contribution in [0.3, 0.4) is 0 Å². The standard InChI is InChI=1S/2C11H16O.C6H6S.2ClH.Ti/c2*1-8-5-6-10(12)9(7-8)11(2,3)4;1-5-3-4-6(2)7-5;;;/h2*5-7,12H,1-4H3;1,3-4H,2H3;2*1H;/p-2. The summed E-state index contributed by atoms with van der Waals surface area (Å²) in [5.41, 5.74) is 4.46. The van der Waals surface area contributed by atoms with Gasteiger partial charge in [-0.05, 0) is 47.9 Å². The predicted octanol–water partition coefficient (Wildman–Crippen LogP) is 1.76. The predicted molar refractivity (Wildman–Crippen MR) is 137 cm³/mol. The second-order valence-corrected chi connectivity index (χ2v) is 11.9. The van der Waals surface area contributed by atoms with E-state index in [-0.39, 0.29) is 35.6 Å². The monoisotopic (exact) mass is 556 g/mol. The van der Waals surface area contributed by atoms with Gasteiger partial charge in [0.05, 0.1) is 0 Å². The van der Waals surface area contributed by atoms with Crippen LogP contribution in [0, 0.1) is 20.8 Å². The summed E-state index contributed by atoms with van der Waals surface area (Å²) in [5, 5.41) is 19.1. The summed E-state index contributed by atoms with van der Waals surface area (Å²) in [7, 11) is 0. The number of benzene rings is 2. The van der Waals surface area contributed by atoms with Crippen molar-refractivity contribution in [3.05, 3.63) is 80.5 Å². The summed E-state index contributed by atoms with van der Waals surface area (Å²) in [6, 6.07) is 15.7. The smallest absolute Gasteiger partial charge is 1.00 e. The molecule has 0 aliphatic heterocycles. The van der Waals surface area contributed by atoms with Crippen molar-refractivity contribution in [2.24, 2.45) is 0 Å². The molecule has 6 heteroatoms. The Morgan fingerprint density at radius 3 is 1.26 bits per heavy atom. The number of halogens is 2. The Balaban J connectivity index is 0. The molecule has 3 aromatic rings. The first-order chi connectivity index (χ1) is 14.6. The van der Waals surface area contributed by atoms with Crippen LogP contribution in [0.4, 0.5) is 0 Å². The van der Waals surface area contributed by atoms with Crippen LogP contribution in [0.1, 0.15) is 73.6 Å². The van der Waals surface area contributed by atoms with E-state index in [1.807, 2.05) is 49.4 Å². The van der Waals surface area contributed by atoms with E-state index in [1.165, 1.54) is 20.9 Å². The molecule has 0 amide bonds. The van der Waals surface area contributed by atoms with Crippen molar-refractivity contribution in [3.63, 3.8) is 0 Å². The zero-order valence-corrected chi connectivity index (χ0v) is 25.6. The molecule has 34 heavy (non-hydrogen) atoms. The molecule has 0 aliphatic carbocycles. The van der Waals surface area contributed by atoms with Crippen LogP contribution in [0.15, 0.2) is 48.5 Å². The van der Waals surface area contributed by atoms with E-state index >= 15 is 0 Å². The number of aromatic hydroxyl groups is 2. The van der Waals surface area contributed by atoms with Gasteiger partial charge in [0.25, 0.3) is 0 Å². The van der Waals surface area contributed by atoms with Gasteiger partial charge in [0.15, 0.2) is 0 Å². The molecule has 188 valence electrons. The average molecular weight is 557 g/mol. The van der Waals surface area contributed by atoms with Gasteiger partial charge in [-0.2, -0.15) is 0 Å². The third-order valence-electron chi connectivity index (χ3n) is 4.82. The topological polar surface area (TPSA) is 40.5 Å². The van der Waals surface area contributed by atoms with Crippen molar-refractivity contribution < 1.29 is 55.0 Å². The number of rotatable bonds is 1. The molecular formula is C28H38Cl2O2STi-2. The van der Waals surface area contributed by atoms with Crippen LogP contribution < -0.4 is 24.8 Å². The zero-order valence-electron chi connectivity index (χ0n) is 21.8. The molecule has 0 radical (unpaired) electrons. The maximum atomic E-state index is 9.57. The Hall–Kier alpha value is -1.10. The van der Waals surface area contributed by atoms with E-state index in [0.29, 0.717) is 11.5 Å². The van der Waals surface area contributed by atoms with E-state index in [9.17, 15) is 10.2 Å². The molecule has 2 aromatic carbocycles. The van der Waals surface area contributed by atoms with Gasteiger partial charge in [0.1, 0.15) is 11.5 Å². The van der Waals surface area contributed by atoms with Crippen molar-refractivity contribution in [3.8, 4) is 11.5 Å². The fourth-order valence-electron chi connectivity index (χ4n) is 3.03. The third-order valence-corrected chi connectivity index (χ3v) is 6.58. The number of aryl methyl sites for hydroxylation is 3. The van der Waals surface area contributed by atoms with Crippen molar-refractivity contribution in [1.82, 2.24) is 0 Å². The number of phenols is 2. The van der Waals surface area contributed by atoms with Gasteiger partial charge in [-0.15, -0.1) is 0 Å². The van der Waals surface area contributed by atoms with E-state index in [4.69, 9.17) is 0 Å². The minimum atomic E-state index is 0. The Morgan fingerprint density at radius 2 is 1.06 bits per heavy atom. The fraction of sp³-hybridized carbons (Fsp3) is 0.393. The number of thiophene rings is 1. The molecule has 0 bridgehead atoms. The molecule has 1 aromatic heterocycles. The average Bonchev–Trinajstić information content (AvgIpc) is 3.10. The molecule has 0 atom stereocenters. The molecule has 1 heterocycles. The SMILES string of the molecule is Cc1ccc(O)c(C(C)(C)C)c1.Cc1ccc(O)c(C(C)(C)C)c1.Cc1ccc([CH]=[Ti])s1.[Cl-].[Cl-]. The Kier molecular flexibility index (Phi) is 15.6. The maximum Gasteiger partial charge on any atom is -1.00 e. The summed E-state index contributed by atoms with van der Waals surface area (Å²) in [6.07, 6.45) is 0. The molecule has 0 unspecified atom stereocenters. The first-order valence-electron chi connectivity index (χ1n) is 10.8.